The Labute approximate surface area is 145 Å². The van der Waals surface area contributed by atoms with Gasteiger partial charge in [-0.2, -0.15) is 0 Å². The lowest BCUT2D eigenvalue weighted by Gasteiger charge is -2.20. The first-order valence-electron chi connectivity index (χ1n) is 8.16. The van der Waals surface area contributed by atoms with E-state index in [9.17, 15) is 4.79 Å². The zero-order valence-corrected chi connectivity index (χ0v) is 14.1. The Hall–Kier alpha value is -2.46. The van der Waals surface area contributed by atoms with E-state index < -0.39 is 0 Å². The van der Waals surface area contributed by atoms with Crippen LogP contribution in [0.15, 0.2) is 60.1 Å². The smallest absolute Gasteiger partial charge is 0.247 e. The normalized spacial score (nSPS) is 14.3. The van der Waals surface area contributed by atoms with Crippen LogP contribution >= 0.6 is 11.3 Å². The van der Waals surface area contributed by atoms with E-state index in [1.54, 1.807) is 23.6 Å². The van der Waals surface area contributed by atoms with Crippen LogP contribution in [0.5, 0.6) is 0 Å². The fourth-order valence-corrected chi connectivity index (χ4v) is 3.57. The third-order valence-electron chi connectivity index (χ3n) is 4.25. The first kappa shape index (κ1) is 15.1. The zero-order chi connectivity index (χ0) is 16.4. The topological polar surface area (TPSA) is 33.2 Å². The van der Waals surface area contributed by atoms with Crippen LogP contribution in [-0.4, -0.2) is 21.8 Å². The highest BCUT2D eigenvalue weighted by Gasteiger charge is 2.31. The maximum atomic E-state index is 12.7. The summed E-state index contributed by atoms with van der Waals surface area (Å²) in [6.45, 7) is 0.708. The van der Waals surface area contributed by atoms with E-state index in [2.05, 4.69) is 16.4 Å². The fraction of sp³-hybridized carbons (Fsp3) is 0.200. The summed E-state index contributed by atoms with van der Waals surface area (Å²) in [4.78, 5) is 20.3. The number of carbonyl (C=O) groups excluding carboxylic acids is 1. The van der Waals surface area contributed by atoms with Crippen LogP contribution < -0.4 is 0 Å². The van der Waals surface area contributed by atoms with Crippen molar-refractivity contribution in [1.29, 1.82) is 0 Å². The van der Waals surface area contributed by atoms with Crippen LogP contribution in [-0.2, 0) is 11.3 Å². The second-order valence-electron chi connectivity index (χ2n) is 6.03. The van der Waals surface area contributed by atoms with Gasteiger partial charge in [-0.05, 0) is 36.4 Å². The highest BCUT2D eigenvalue weighted by Crippen LogP contribution is 2.29. The molecule has 1 aliphatic rings. The average molecular weight is 334 g/mol. The summed E-state index contributed by atoms with van der Waals surface area (Å²) in [5.41, 5.74) is 1.91. The van der Waals surface area contributed by atoms with E-state index >= 15 is 0 Å². The minimum Gasteiger partial charge on any atom is -0.331 e. The molecule has 0 unspecified atom stereocenters. The number of rotatable bonds is 5. The molecular weight excluding hydrogens is 316 g/mol. The van der Waals surface area contributed by atoms with Crippen molar-refractivity contribution in [3.05, 3.63) is 70.6 Å². The van der Waals surface area contributed by atoms with E-state index in [1.165, 1.54) is 4.88 Å². The standard InChI is InChI=1S/C20H18N2OS/c23-19(22(17-9-10-17)14-18-7-3-13-24-18)11-8-16-5-1-4-15-6-2-12-21-20(15)16/h1-8,11-13,17H,9-10,14H2/b11-8+. The molecule has 4 rings (SSSR count). The second kappa shape index (κ2) is 6.57. The summed E-state index contributed by atoms with van der Waals surface area (Å²) in [5, 5.41) is 3.15. The van der Waals surface area contributed by atoms with Crippen molar-refractivity contribution in [2.75, 3.05) is 0 Å². The van der Waals surface area contributed by atoms with Gasteiger partial charge in [0, 0.05) is 34.1 Å². The summed E-state index contributed by atoms with van der Waals surface area (Å²) in [6.07, 6.45) is 7.59. The molecule has 1 fully saturated rings. The Bertz CT molecular complexity index is 876. The van der Waals surface area contributed by atoms with Gasteiger partial charge in [0.05, 0.1) is 12.1 Å². The molecule has 0 atom stereocenters. The molecule has 3 nitrogen and oxygen atoms in total. The molecule has 0 bridgehead atoms. The van der Waals surface area contributed by atoms with Crippen molar-refractivity contribution in [3.8, 4) is 0 Å². The first-order valence-corrected chi connectivity index (χ1v) is 9.04. The largest absolute Gasteiger partial charge is 0.331 e. The predicted molar refractivity (Wildman–Crippen MR) is 98.7 cm³/mol. The van der Waals surface area contributed by atoms with Crippen molar-refractivity contribution in [2.24, 2.45) is 0 Å². The van der Waals surface area contributed by atoms with Gasteiger partial charge in [-0.1, -0.05) is 30.3 Å². The maximum Gasteiger partial charge on any atom is 0.247 e. The Morgan fingerprint density at radius 3 is 2.88 bits per heavy atom. The van der Waals surface area contributed by atoms with Crippen molar-refractivity contribution in [1.82, 2.24) is 9.88 Å². The molecule has 1 aromatic carbocycles. The van der Waals surface area contributed by atoms with Crippen LogP contribution in [0.2, 0.25) is 0 Å². The van der Waals surface area contributed by atoms with Crippen molar-refractivity contribution < 1.29 is 4.79 Å². The number of carbonyl (C=O) groups is 1. The van der Waals surface area contributed by atoms with Gasteiger partial charge >= 0.3 is 0 Å². The van der Waals surface area contributed by atoms with Crippen LogP contribution in [0.1, 0.15) is 23.3 Å². The highest BCUT2D eigenvalue weighted by atomic mass is 32.1. The molecule has 4 heteroatoms. The number of pyridine rings is 1. The maximum absolute atomic E-state index is 12.7. The summed E-state index contributed by atoms with van der Waals surface area (Å²) < 4.78 is 0. The van der Waals surface area contributed by atoms with E-state index in [0.717, 1.165) is 29.3 Å². The van der Waals surface area contributed by atoms with Crippen LogP contribution in [0, 0.1) is 0 Å². The predicted octanol–water partition coefficient (Wildman–Crippen LogP) is 4.50. The summed E-state index contributed by atoms with van der Waals surface area (Å²) in [7, 11) is 0. The molecule has 0 N–H and O–H groups in total. The number of amides is 1. The van der Waals surface area contributed by atoms with Crippen molar-refractivity contribution in [2.45, 2.75) is 25.4 Å². The van der Waals surface area contributed by atoms with Crippen LogP contribution in [0.25, 0.3) is 17.0 Å². The lowest BCUT2D eigenvalue weighted by atomic mass is 10.1. The number of thiophene rings is 1. The SMILES string of the molecule is O=C(/C=C/c1cccc2cccnc12)N(Cc1cccs1)C1CC1. The van der Waals surface area contributed by atoms with Gasteiger partial charge in [0.2, 0.25) is 5.91 Å². The fourth-order valence-electron chi connectivity index (χ4n) is 2.86. The number of aromatic nitrogens is 1. The molecule has 0 aliphatic heterocycles. The first-order chi connectivity index (χ1) is 11.8. The van der Waals surface area contributed by atoms with Crippen molar-refractivity contribution in [3.63, 3.8) is 0 Å². The molecule has 0 spiro atoms. The minimum atomic E-state index is 0.0823. The van der Waals surface area contributed by atoms with Gasteiger partial charge < -0.3 is 4.90 Å². The molecule has 0 saturated heterocycles. The van der Waals surface area contributed by atoms with Gasteiger partial charge in [-0.3, -0.25) is 9.78 Å². The molecular formula is C20H18N2OS. The lowest BCUT2D eigenvalue weighted by molar-refractivity contribution is -0.127. The molecule has 2 heterocycles. The highest BCUT2D eigenvalue weighted by molar-refractivity contribution is 7.09. The number of benzene rings is 1. The molecule has 1 amide bonds. The molecule has 120 valence electrons. The quantitative estimate of drug-likeness (QED) is 0.644. The molecule has 24 heavy (non-hydrogen) atoms. The van der Waals surface area contributed by atoms with Gasteiger partial charge in [-0.25, -0.2) is 0 Å². The minimum absolute atomic E-state index is 0.0823. The van der Waals surface area contributed by atoms with Gasteiger partial charge in [0.15, 0.2) is 0 Å². The van der Waals surface area contributed by atoms with E-state index in [1.807, 2.05) is 47.4 Å². The number of nitrogens with zero attached hydrogens (tertiary/aromatic N) is 2. The lowest BCUT2D eigenvalue weighted by Crippen LogP contribution is -2.30. The number of hydrogen-bond donors (Lipinski definition) is 0. The summed E-state index contributed by atoms with van der Waals surface area (Å²) in [5.74, 6) is 0.0823. The summed E-state index contributed by atoms with van der Waals surface area (Å²) >= 11 is 1.70. The third kappa shape index (κ3) is 3.24. The van der Waals surface area contributed by atoms with E-state index in [4.69, 9.17) is 0 Å². The van der Waals surface area contributed by atoms with Crippen LogP contribution in [0.3, 0.4) is 0 Å². The van der Waals surface area contributed by atoms with E-state index in [-0.39, 0.29) is 5.91 Å². The molecule has 1 aliphatic carbocycles. The Balaban J connectivity index is 1.56. The third-order valence-corrected chi connectivity index (χ3v) is 5.11. The molecule has 2 aromatic heterocycles. The zero-order valence-electron chi connectivity index (χ0n) is 13.3. The Morgan fingerprint density at radius 2 is 2.08 bits per heavy atom. The number of hydrogen-bond acceptors (Lipinski definition) is 3. The Morgan fingerprint density at radius 1 is 1.21 bits per heavy atom. The number of para-hydroxylation sites is 1. The summed E-state index contributed by atoms with van der Waals surface area (Å²) in [6, 6.07) is 14.5. The van der Waals surface area contributed by atoms with Crippen LogP contribution in [0.4, 0.5) is 0 Å². The Kier molecular flexibility index (Phi) is 4.13. The molecule has 1 saturated carbocycles. The second-order valence-corrected chi connectivity index (χ2v) is 7.06. The molecule has 0 radical (unpaired) electrons. The molecule has 3 aromatic rings. The van der Waals surface area contributed by atoms with Crippen molar-refractivity contribution >= 4 is 34.2 Å². The van der Waals surface area contributed by atoms with Gasteiger partial charge in [0.1, 0.15) is 0 Å². The number of fused-ring (bicyclic) bond motifs is 1. The average Bonchev–Trinajstić information content (AvgIpc) is 3.33. The van der Waals surface area contributed by atoms with Gasteiger partial charge in [-0.15, -0.1) is 11.3 Å². The van der Waals surface area contributed by atoms with E-state index in [0.29, 0.717) is 12.6 Å². The van der Waals surface area contributed by atoms with Gasteiger partial charge in [0.25, 0.3) is 0 Å². The monoisotopic (exact) mass is 334 g/mol.